The molecule has 0 fully saturated rings. The molecule has 3 rings (SSSR count). The summed E-state index contributed by atoms with van der Waals surface area (Å²) in [6, 6.07) is 7.04. The number of para-hydroxylation sites is 1. The third kappa shape index (κ3) is 3.95. The average molecular weight is 387 g/mol. The molecule has 3 atom stereocenters. The van der Waals surface area contributed by atoms with Gasteiger partial charge in [-0.05, 0) is 38.0 Å². The molecule has 150 valence electrons. The monoisotopic (exact) mass is 387 g/mol. The van der Waals surface area contributed by atoms with Crippen molar-refractivity contribution in [2.75, 3.05) is 20.3 Å². The third-order valence-electron chi connectivity index (χ3n) is 4.93. The number of aliphatic hydroxyl groups excluding tert-OH is 1. The minimum atomic E-state index is -0.704. The van der Waals surface area contributed by atoms with Crippen molar-refractivity contribution in [3.05, 3.63) is 58.2 Å². The Morgan fingerprint density at radius 3 is 2.82 bits per heavy atom. The van der Waals surface area contributed by atoms with Crippen LogP contribution in [0.4, 0.5) is 0 Å². The van der Waals surface area contributed by atoms with Gasteiger partial charge in [0.2, 0.25) is 6.29 Å². The Morgan fingerprint density at radius 2 is 2.11 bits per heavy atom. The van der Waals surface area contributed by atoms with Crippen LogP contribution < -0.4 is 10.7 Å². The van der Waals surface area contributed by atoms with Crippen LogP contribution in [0.2, 0.25) is 0 Å². The van der Waals surface area contributed by atoms with Crippen molar-refractivity contribution in [3.8, 4) is 0 Å². The van der Waals surface area contributed by atoms with E-state index in [1.54, 1.807) is 30.3 Å². The van der Waals surface area contributed by atoms with E-state index >= 15 is 0 Å². The molecule has 0 spiro atoms. The number of aliphatic hydroxyl groups is 1. The van der Waals surface area contributed by atoms with Crippen LogP contribution in [0.5, 0.6) is 0 Å². The summed E-state index contributed by atoms with van der Waals surface area (Å²) >= 11 is 0. The maximum Gasteiger partial charge on any atom is 0.285 e. The number of likely N-dealkylation sites (N-methyl/N-ethyl adjacent to an activating group) is 1. The highest BCUT2D eigenvalue weighted by molar-refractivity contribution is 5.91. The van der Waals surface area contributed by atoms with Gasteiger partial charge >= 0.3 is 0 Å². The summed E-state index contributed by atoms with van der Waals surface area (Å²) in [6.45, 7) is 2.24. The maximum atomic E-state index is 13.1. The number of ether oxygens (including phenoxy) is 2. The Morgan fingerprint density at radius 1 is 1.32 bits per heavy atom. The summed E-state index contributed by atoms with van der Waals surface area (Å²) < 4.78 is 17.2. The van der Waals surface area contributed by atoms with Crippen LogP contribution in [0.15, 0.2) is 51.6 Å². The zero-order valence-corrected chi connectivity index (χ0v) is 16.0. The largest absolute Gasteiger partial charge is 0.464 e. The van der Waals surface area contributed by atoms with Crippen LogP contribution in [0.25, 0.3) is 11.0 Å². The van der Waals surface area contributed by atoms with E-state index in [0.29, 0.717) is 36.0 Å². The zero-order chi connectivity index (χ0) is 20.1. The molecule has 7 nitrogen and oxygen atoms in total. The smallest absolute Gasteiger partial charge is 0.285 e. The lowest BCUT2D eigenvalue weighted by molar-refractivity contribution is -0.166. The molecule has 0 saturated heterocycles. The van der Waals surface area contributed by atoms with E-state index in [2.05, 4.69) is 5.32 Å². The lowest BCUT2D eigenvalue weighted by atomic mass is 9.81. The molecule has 28 heavy (non-hydrogen) atoms. The van der Waals surface area contributed by atoms with Crippen LogP contribution >= 0.6 is 0 Å². The highest BCUT2D eigenvalue weighted by atomic mass is 16.7. The van der Waals surface area contributed by atoms with Gasteiger partial charge in [0.1, 0.15) is 5.58 Å². The minimum absolute atomic E-state index is 0.0143. The van der Waals surface area contributed by atoms with Gasteiger partial charge in [0.05, 0.1) is 11.6 Å². The Kier molecular flexibility index (Phi) is 6.49. The molecule has 0 bridgehead atoms. The van der Waals surface area contributed by atoms with Crippen molar-refractivity contribution in [2.24, 2.45) is 5.92 Å². The van der Waals surface area contributed by atoms with E-state index in [1.165, 1.54) is 13.3 Å². The summed E-state index contributed by atoms with van der Waals surface area (Å²) in [4.78, 5) is 25.3. The van der Waals surface area contributed by atoms with Crippen molar-refractivity contribution in [3.63, 3.8) is 0 Å². The number of nitrogens with one attached hydrogen (secondary N) is 1. The van der Waals surface area contributed by atoms with Gasteiger partial charge in [-0.2, -0.15) is 0 Å². The predicted octanol–water partition coefficient (Wildman–Crippen LogP) is 2.29. The Bertz CT molecular complexity index is 918. The molecule has 7 heteroatoms. The normalized spacial score (nSPS) is 21.8. The summed E-state index contributed by atoms with van der Waals surface area (Å²) in [7, 11) is 1.51. The van der Waals surface area contributed by atoms with Crippen LogP contribution in [0, 0.1) is 5.92 Å². The summed E-state index contributed by atoms with van der Waals surface area (Å²) in [5, 5.41) is 12.3. The lowest BCUT2D eigenvalue weighted by Gasteiger charge is -2.36. The minimum Gasteiger partial charge on any atom is -0.464 e. The van der Waals surface area contributed by atoms with Gasteiger partial charge in [0.15, 0.2) is 11.2 Å². The lowest BCUT2D eigenvalue weighted by Crippen LogP contribution is -2.39. The summed E-state index contributed by atoms with van der Waals surface area (Å²) in [5.74, 6) is -0.964. The number of hydrogen-bond donors (Lipinski definition) is 2. The van der Waals surface area contributed by atoms with E-state index in [0.717, 1.165) is 0 Å². The fourth-order valence-corrected chi connectivity index (χ4v) is 3.57. The predicted molar refractivity (Wildman–Crippen MR) is 104 cm³/mol. The molecule has 0 saturated carbocycles. The zero-order valence-electron chi connectivity index (χ0n) is 16.0. The highest BCUT2D eigenvalue weighted by Gasteiger charge is 2.39. The second-order valence-electron chi connectivity index (χ2n) is 6.62. The van der Waals surface area contributed by atoms with Crippen molar-refractivity contribution >= 4 is 16.9 Å². The number of carbonyl (C=O) groups excluding carboxylic acids is 1. The highest BCUT2D eigenvalue weighted by Crippen LogP contribution is 2.38. The van der Waals surface area contributed by atoms with Crippen LogP contribution in [0.1, 0.15) is 31.2 Å². The number of allylic oxidation sites excluding steroid dienone is 1. The molecule has 2 aromatic rings. The summed E-state index contributed by atoms with van der Waals surface area (Å²) in [5.41, 5.74) is 0.800. The van der Waals surface area contributed by atoms with Crippen molar-refractivity contribution in [2.45, 2.75) is 32.0 Å². The molecule has 0 radical (unpaired) electrons. The van der Waals surface area contributed by atoms with Gasteiger partial charge in [-0.25, -0.2) is 0 Å². The molecule has 0 unspecified atom stereocenters. The first-order chi connectivity index (χ1) is 13.6. The van der Waals surface area contributed by atoms with Gasteiger partial charge in [-0.1, -0.05) is 12.1 Å². The van der Waals surface area contributed by atoms with Crippen molar-refractivity contribution < 1.29 is 23.8 Å². The first-order valence-electron chi connectivity index (χ1n) is 9.44. The molecular weight excluding hydrogens is 362 g/mol. The maximum absolute atomic E-state index is 13.1. The average Bonchev–Trinajstić information content (AvgIpc) is 2.72. The number of amides is 1. The Balaban J connectivity index is 2.12. The quantitative estimate of drug-likeness (QED) is 0.756. The fourth-order valence-electron chi connectivity index (χ4n) is 3.57. The molecule has 2 heterocycles. The number of benzene rings is 1. The van der Waals surface area contributed by atoms with Crippen molar-refractivity contribution in [1.82, 2.24) is 5.32 Å². The SMILES string of the molecule is CCO[C@@H]1OC(C(=O)NC)=C[C@H](c2coc3ccccc3c2=O)[C@H]1CCCO. The second-order valence-corrected chi connectivity index (χ2v) is 6.62. The van der Waals surface area contributed by atoms with Crippen LogP contribution in [0.3, 0.4) is 0 Å². The van der Waals surface area contributed by atoms with Gasteiger partial charge in [0, 0.05) is 37.7 Å². The van der Waals surface area contributed by atoms with Crippen LogP contribution in [-0.2, 0) is 14.3 Å². The number of fused-ring (bicyclic) bond motifs is 1. The van der Waals surface area contributed by atoms with E-state index in [-0.39, 0.29) is 29.6 Å². The Hall–Kier alpha value is -2.64. The molecular formula is C21H25NO6. The number of rotatable bonds is 7. The first-order valence-corrected chi connectivity index (χ1v) is 9.44. The Labute approximate surface area is 162 Å². The summed E-state index contributed by atoms with van der Waals surface area (Å²) in [6.07, 6.45) is 3.49. The molecule has 1 aromatic heterocycles. The standard InChI is InChI=1S/C21H25NO6/c1-3-26-21-13(8-6-10-23)15(11-18(28-21)20(25)22-2)16-12-27-17-9-5-4-7-14(17)19(16)24/h4-5,7,9,11-13,15,21,23H,3,6,8,10H2,1-2H3,(H,22,25)/t13-,15+,21-/m1/s1. The third-order valence-corrected chi connectivity index (χ3v) is 4.93. The topological polar surface area (TPSA) is 98.0 Å². The molecule has 1 aliphatic heterocycles. The molecule has 1 amide bonds. The van der Waals surface area contributed by atoms with Crippen LogP contribution in [-0.4, -0.2) is 37.6 Å². The van der Waals surface area contributed by atoms with E-state index < -0.39 is 12.2 Å². The van der Waals surface area contributed by atoms with Gasteiger partial charge in [0.25, 0.3) is 5.91 Å². The van der Waals surface area contributed by atoms with Crippen molar-refractivity contribution in [1.29, 1.82) is 0 Å². The molecule has 1 aromatic carbocycles. The number of hydrogen-bond acceptors (Lipinski definition) is 6. The number of carbonyl (C=O) groups is 1. The second kappa shape index (κ2) is 9.03. The first kappa shape index (κ1) is 20.1. The van der Waals surface area contributed by atoms with E-state index in [9.17, 15) is 14.7 Å². The van der Waals surface area contributed by atoms with Gasteiger partial charge in [-0.3, -0.25) is 9.59 Å². The fraction of sp³-hybridized carbons (Fsp3) is 0.429. The van der Waals surface area contributed by atoms with Gasteiger partial charge in [-0.15, -0.1) is 0 Å². The van der Waals surface area contributed by atoms with E-state index in [1.807, 2.05) is 6.92 Å². The molecule has 2 N–H and O–H groups in total. The van der Waals surface area contributed by atoms with E-state index in [4.69, 9.17) is 13.9 Å². The molecule has 0 aliphatic carbocycles. The molecule has 1 aliphatic rings. The van der Waals surface area contributed by atoms with Gasteiger partial charge < -0.3 is 24.3 Å².